The third-order valence-electron chi connectivity index (χ3n) is 9.25. The summed E-state index contributed by atoms with van der Waals surface area (Å²) in [5.74, 6) is -0.213. The van der Waals surface area contributed by atoms with Crippen LogP contribution in [0.3, 0.4) is 0 Å². The van der Waals surface area contributed by atoms with Crippen LogP contribution < -0.4 is 0 Å². The van der Waals surface area contributed by atoms with E-state index in [9.17, 15) is 8.78 Å². The molecule has 0 aliphatic rings. The van der Waals surface area contributed by atoms with E-state index in [0.29, 0.717) is 17.3 Å². The predicted octanol–water partition coefficient (Wildman–Crippen LogP) is 10.3. The van der Waals surface area contributed by atoms with Gasteiger partial charge in [0.15, 0.2) is 0 Å². The van der Waals surface area contributed by atoms with E-state index < -0.39 is 0 Å². The number of nitrogens with zero attached hydrogens (tertiary/aromatic N) is 5. The van der Waals surface area contributed by atoms with E-state index in [1.807, 2.05) is 36.4 Å². The Morgan fingerprint density at radius 1 is 0.438 bits per heavy atom. The van der Waals surface area contributed by atoms with Crippen molar-refractivity contribution >= 4 is 60.2 Å². The summed E-state index contributed by atoms with van der Waals surface area (Å²) in [6.07, 6.45) is 0. The molecule has 0 fully saturated rings. The Labute approximate surface area is 272 Å². The van der Waals surface area contributed by atoms with Gasteiger partial charge < -0.3 is 0 Å². The molecule has 0 saturated heterocycles. The van der Waals surface area contributed by atoms with Gasteiger partial charge in [-0.25, -0.2) is 23.7 Å². The van der Waals surface area contributed by atoms with E-state index in [2.05, 4.69) is 63.6 Å². The lowest BCUT2D eigenvalue weighted by Crippen LogP contribution is -2.05. The zero-order valence-corrected chi connectivity index (χ0v) is 25.3. The first kappa shape index (κ1) is 26.7. The Morgan fingerprint density at radius 3 is 1.65 bits per heavy atom. The maximum Gasteiger partial charge on any atom is 0.235 e. The fourth-order valence-corrected chi connectivity index (χ4v) is 7.11. The van der Waals surface area contributed by atoms with Gasteiger partial charge in [-0.15, -0.1) is 0 Å². The van der Waals surface area contributed by atoms with Crippen LogP contribution in [0, 0.1) is 11.6 Å². The molecule has 226 valence electrons. The fraction of sp³-hybridized carbons (Fsp3) is 0. The van der Waals surface area contributed by atoms with Crippen molar-refractivity contribution in [3.8, 4) is 28.5 Å². The molecule has 5 nitrogen and oxygen atoms in total. The van der Waals surface area contributed by atoms with Crippen molar-refractivity contribution in [1.82, 2.24) is 23.9 Å². The van der Waals surface area contributed by atoms with Crippen LogP contribution in [0.1, 0.15) is 0 Å². The van der Waals surface area contributed by atoms with E-state index in [-0.39, 0.29) is 11.6 Å². The van der Waals surface area contributed by atoms with Crippen molar-refractivity contribution in [3.05, 3.63) is 151 Å². The highest BCUT2D eigenvalue weighted by atomic mass is 19.1. The minimum atomic E-state index is -0.329. The first-order valence-corrected chi connectivity index (χ1v) is 15.7. The van der Waals surface area contributed by atoms with Crippen molar-refractivity contribution in [2.75, 3.05) is 0 Å². The lowest BCUT2D eigenvalue weighted by Gasteiger charge is -2.14. The summed E-state index contributed by atoms with van der Waals surface area (Å²) >= 11 is 0. The number of fused-ring (bicyclic) bond motifs is 12. The number of rotatable bonds is 3. The summed E-state index contributed by atoms with van der Waals surface area (Å²) in [6.45, 7) is 0. The molecule has 0 spiro atoms. The second-order valence-electron chi connectivity index (χ2n) is 12.0. The van der Waals surface area contributed by atoms with Gasteiger partial charge in [0.1, 0.15) is 17.3 Å². The Hall–Kier alpha value is -6.47. The third kappa shape index (κ3) is 3.85. The van der Waals surface area contributed by atoms with Crippen molar-refractivity contribution in [3.63, 3.8) is 0 Å². The van der Waals surface area contributed by atoms with Gasteiger partial charge in [-0.05, 0) is 78.2 Å². The van der Waals surface area contributed by atoms with E-state index in [1.165, 1.54) is 24.3 Å². The average Bonchev–Trinajstić information content (AvgIpc) is 3.69. The predicted molar refractivity (Wildman–Crippen MR) is 188 cm³/mol. The molecule has 0 bridgehead atoms. The lowest BCUT2D eigenvalue weighted by molar-refractivity contribution is 0.627. The molecule has 0 unspecified atom stereocenters. The molecule has 0 amide bonds. The van der Waals surface area contributed by atoms with Gasteiger partial charge in [-0.1, -0.05) is 66.7 Å². The van der Waals surface area contributed by atoms with Crippen LogP contribution in [0.15, 0.2) is 140 Å². The van der Waals surface area contributed by atoms with Gasteiger partial charge in [0.2, 0.25) is 5.95 Å². The molecule has 4 heterocycles. The van der Waals surface area contributed by atoms with E-state index in [1.54, 1.807) is 24.3 Å². The summed E-state index contributed by atoms with van der Waals surface area (Å²) in [4.78, 5) is 15.4. The molecule has 10 aromatic rings. The van der Waals surface area contributed by atoms with Gasteiger partial charge in [0, 0.05) is 32.7 Å². The molecular weight excluding hydrogens is 600 g/mol. The molecule has 0 aliphatic heterocycles. The van der Waals surface area contributed by atoms with Gasteiger partial charge in [-0.2, -0.15) is 0 Å². The van der Waals surface area contributed by atoms with Crippen LogP contribution in [0.5, 0.6) is 0 Å². The quantitative estimate of drug-likeness (QED) is 0.184. The summed E-state index contributed by atoms with van der Waals surface area (Å²) in [6, 6.07) is 43.6. The second kappa shape index (κ2) is 10.0. The lowest BCUT2D eigenvalue weighted by atomic mass is 10.0. The number of para-hydroxylation sites is 3. The van der Waals surface area contributed by atoms with E-state index >= 15 is 0 Å². The Balaban J connectivity index is 1.42. The minimum absolute atomic E-state index is 0.329. The van der Waals surface area contributed by atoms with Gasteiger partial charge in [0.05, 0.1) is 39.0 Å². The summed E-state index contributed by atoms with van der Waals surface area (Å²) in [7, 11) is 0. The molecule has 0 aliphatic carbocycles. The Kier molecular flexibility index (Phi) is 5.57. The second-order valence-corrected chi connectivity index (χ2v) is 12.0. The van der Waals surface area contributed by atoms with Crippen LogP contribution in [-0.2, 0) is 0 Å². The zero-order valence-electron chi connectivity index (χ0n) is 25.3. The average molecular weight is 624 g/mol. The number of imidazole rings is 1. The standard InChI is InChI=1S/C41H23F2N5/c42-26-17-13-24(14-18-26)34-23-35(25-15-19-27(43)20-16-25)46-41(45-34)48-36-11-5-3-8-29(36)31-22-21-30-28-7-1-2-9-32(28)40-44-33-10-4-6-12-37(33)47(40)38(30)39(31)48/h1-23H. The number of hydrogen-bond acceptors (Lipinski definition) is 3. The van der Waals surface area contributed by atoms with Crippen molar-refractivity contribution in [1.29, 1.82) is 0 Å². The van der Waals surface area contributed by atoms with Gasteiger partial charge in [0.25, 0.3) is 0 Å². The van der Waals surface area contributed by atoms with E-state index in [4.69, 9.17) is 15.0 Å². The highest BCUT2D eigenvalue weighted by Gasteiger charge is 2.22. The Morgan fingerprint density at radius 2 is 0.979 bits per heavy atom. The van der Waals surface area contributed by atoms with Crippen LogP contribution in [0.4, 0.5) is 8.78 Å². The first-order valence-electron chi connectivity index (χ1n) is 15.7. The smallest absolute Gasteiger partial charge is 0.235 e. The van der Waals surface area contributed by atoms with Crippen LogP contribution in [0.2, 0.25) is 0 Å². The molecule has 0 atom stereocenters. The number of aromatic nitrogens is 5. The molecule has 0 N–H and O–H groups in total. The van der Waals surface area contributed by atoms with Crippen molar-refractivity contribution in [2.24, 2.45) is 0 Å². The molecule has 6 aromatic carbocycles. The zero-order chi connectivity index (χ0) is 31.9. The van der Waals surface area contributed by atoms with Gasteiger partial charge in [-0.3, -0.25) is 8.97 Å². The molecule has 7 heteroatoms. The topological polar surface area (TPSA) is 48.0 Å². The SMILES string of the molecule is Fc1ccc(-c2cc(-c3ccc(F)cc3)nc(-n3c4ccccc4c4ccc5c6ccccc6c6nc7ccccc7n6c5c43)n2)cc1. The van der Waals surface area contributed by atoms with Crippen molar-refractivity contribution in [2.45, 2.75) is 0 Å². The molecule has 0 saturated carbocycles. The maximum absolute atomic E-state index is 14.0. The molecule has 4 aromatic heterocycles. The number of benzene rings is 6. The summed E-state index contributed by atoms with van der Waals surface area (Å²) < 4.78 is 32.4. The number of pyridine rings is 1. The maximum atomic E-state index is 14.0. The molecule has 48 heavy (non-hydrogen) atoms. The minimum Gasteiger partial charge on any atom is -0.290 e. The molecule has 0 radical (unpaired) electrons. The van der Waals surface area contributed by atoms with Crippen LogP contribution in [-0.4, -0.2) is 23.9 Å². The summed E-state index contributed by atoms with van der Waals surface area (Å²) in [5.41, 5.74) is 8.36. The highest BCUT2D eigenvalue weighted by molar-refractivity contribution is 6.24. The molecular formula is C41H23F2N5. The first-order chi connectivity index (χ1) is 23.6. The largest absolute Gasteiger partial charge is 0.290 e. The van der Waals surface area contributed by atoms with Gasteiger partial charge >= 0.3 is 0 Å². The van der Waals surface area contributed by atoms with Crippen molar-refractivity contribution < 1.29 is 8.78 Å². The van der Waals surface area contributed by atoms with Crippen LogP contribution in [0.25, 0.3) is 88.6 Å². The highest BCUT2D eigenvalue weighted by Crippen LogP contribution is 2.41. The van der Waals surface area contributed by atoms with Crippen LogP contribution >= 0.6 is 0 Å². The number of halogens is 2. The van der Waals surface area contributed by atoms with E-state index in [0.717, 1.165) is 71.3 Å². The molecule has 10 rings (SSSR count). The monoisotopic (exact) mass is 623 g/mol. The fourth-order valence-electron chi connectivity index (χ4n) is 7.11. The summed E-state index contributed by atoms with van der Waals surface area (Å²) in [5, 5.41) is 5.34. The third-order valence-corrected chi connectivity index (χ3v) is 9.25. The number of hydrogen-bond donors (Lipinski definition) is 0. The Bertz CT molecular complexity index is 2840. The normalized spacial score (nSPS) is 12.0.